The first kappa shape index (κ1) is 12.2. The maximum absolute atomic E-state index is 12.7. The zero-order valence-electron chi connectivity index (χ0n) is 9.56. The van der Waals surface area contributed by atoms with Gasteiger partial charge in [-0.2, -0.15) is 13.2 Å². The van der Waals surface area contributed by atoms with Crippen LogP contribution in [0.15, 0.2) is 18.2 Å². The molecule has 94 valence electrons. The van der Waals surface area contributed by atoms with E-state index in [9.17, 15) is 13.2 Å². The quantitative estimate of drug-likeness (QED) is 0.802. The molecule has 0 heterocycles. The zero-order chi connectivity index (χ0) is 12.7. The van der Waals surface area contributed by atoms with E-state index in [1.165, 1.54) is 0 Å². The fourth-order valence-electron chi connectivity index (χ4n) is 1.84. The van der Waals surface area contributed by atoms with Gasteiger partial charge < -0.3 is 5.73 Å². The minimum Gasteiger partial charge on any atom is -0.398 e. The van der Waals surface area contributed by atoms with Gasteiger partial charge in [0, 0.05) is 12.2 Å². The Morgan fingerprint density at radius 1 is 1.35 bits per heavy atom. The first-order valence-corrected chi connectivity index (χ1v) is 5.51. The lowest BCUT2D eigenvalue weighted by Gasteiger charge is -2.21. The van der Waals surface area contributed by atoms with Gasteiger partial charge in [0.1, 0.15) is 5.54 Å². The van der Waals surface area contributed by atoms with Gasteiger partial charge in [-0.25, -0.2) is 0 Å². The molecule has 0 spiro atoms. The molecular formula is C12H15F3N2. The van der Waals surface area contributed by atoms with Crippen LogP contribution in [0.3, 0.4) is 0 Å². The van der Waals surface area contributed by atoms with Crippen molar-refractivity contribution in [3.63, 3.8) is 0 Å². The summed E-state index contributed by atoms with van der Waals surface area (Å²) < 4.78 is 38.1. The summed E-state index contributed by atoms with van der Waals surface area (Å²) >= 11 is 0. The molecule has 17 heavy (non-hydrogen) atoms. The lowest BCUT2D eigenvalue weighted by Crippen LogP contribution is -2.44. The van der Waals surface area contributed by atoms with Gasteiger partial charge in [-0.3, -0.25) is 5.32 Å². The Hall–Kier alpha value is -1.23. The molecule has 2 nitrogen and oxygen atoms in total. The largest absolute Gasteiger partial charge is 0.406 e. The van der Waals surface area contributed by atoms with Crippen molar-refractivity contribution < 1.29 is 13.2 Å². The van der Waals surface area contributed by atoms with Crippen molar-refractivity contribution in [3.8, 4) is 0 Å². The fraction of sp³-hybridized carbons (Fsp3) is 0.500. The maximum Gasteiger partial charge on any atom is 0.406 e. The topological polar surface area (TPSA) is 38.0 Å². The van der Waals surface area contributed by atoms with Gasteiger partial charge in [0.2, 0.25) is 0 Å². The van der Waals surface area contributed by atoms with Crippen molar-refractivity contribution >= 4 is 5.69 Å². The second-order valence-corrected chi connectivity index (χ2v) is 4.64. The summed E-state index contributed by atoms with van der Waals surface area (Å²) in [5.41, 5.74) is 6.29. The lowest BCUT2D eigenvalue weighted by molar-refractivity contribution is -0.166. The first-order valence-electron chi connectivity index (χ1n) is 5.51. The Kier molecular flexibility index (Phi) is 2.81. The smallest absolute Gasteiger partial charge is 0.398 e. The standard InChI is InChI=1S/C12H15F3N2/c1-8-2-3-10(16)9(6-8)7-17-11(4-5-11)12(13,14)15/h2-3,6,17H,4-5,7,16H2,1H3. The van der Waals surface area contributed by atoms with E-state index in [-0.39, 0.29) is 19.4 Å². The number of alkyl halides is 3. The molecule has 1 aliphatic rings. The fourth-order valence-corrected chi connectivity index (χ4v) is 1.84. The Morgan fingerprint density at radius 2 is 2.00 bits per heavy atom. The third-order valence-corrected chi connectivity index (χ3v) is 3.21. The number of hydrogen-bond donors (Lipinski definition) is 2. The molecule has 0 saturated heterocycles. The summed E-state index contributed by atoms with van der Waals surface area (Å²) in [6.07, 6.45) is -3.87. The average Bonchev–Trinajstić information content (AvgIpc) is 2.99. The molecule has 0 unspecified atom stereocenters. The minimum atomic E-state index is -4.18. The van der Waals surface area contributed by atoms with E-state index >= 15 is 0 Å². The summed E-state index contributed by atoms with van der Waals surface area (Å²) in [4.78, 5) is 0. The predicted octanol–water partition coefficient (Wildman–Crippen LogP) is 2.76. The molecule has 0 bridgehead atoms. The van der Waals surface area contributed by atoms with E-state index in [2.05, 4.69) is 5.32 Å². The number of halogens is 3. The van der Waals surface area contributed by atoms with Gasteiger partial charge in [0.15, 0.2) is 0 Å². The van der Waals surface area contributed by atoms with Crippen molar-refractivity contribution in [2.24, 2.45) is 0 Å². The molecule has 2 rings (SSSR count). The number of hydrogen-bond acceptors (Lipinski definition) is 2. The number of nitrogens with one attached hydrogen (secondary N) is 1. The predicted molar refractivity (Wildman–Crippen MR) is 60.5 cm³/mol. The highest BCUT2D eigenvalue weighted by atomic mass is 19.4. The van der Waals surface area contributed by atoms with E-state index in [4.69, 9.17) is 5.73 Å². The van der Waals surface area contributed by atoms with Gasteiger partial charge >= 0.3 is 6.18 Å². The number of anilines is 1. The van der Waals surface area contributed by atoms with Crippen LogP contribution in [0.2, 0.25) is 0 Å². The Balaban J connectivity index is 2.06. The van der Waals surface area contributed by atoms with Crippen LogP contribution in [-0.4, -0.2) is 11.7 Å². The van der Waals surface area contributed by atoms with Crippen molar-refractivity contribution in [3.05, 3.63) is 29.3 Å². The highest BCUT2D eigenvalue weighted by molar-refractivity contribution is 5.48. The van der Waals surface area contributed by atoms with Crippen LogP contribution in [0.25, 0.3) is 0 Å². The van der Waals surface area contributed by atoms with Crippen LogP contribution in [0.4, 0.5) is 18.9 Å². The van der Waals surface area contributed by atoms with Crippen LogP contribution in [0, 0.1) is 6.92 Å². The van der Waals surface area contributed by atoms with Crippen molar-refractivity contribution in [1.29, 1.82) is 0 Å². The molecule has 1 aromatic rings. The summed E-state index contributed by atoms with van der Waals surface area (Å²) in [7, 11) is 0. The molecule has 1 fully saturated rings. The lowest BCUT2D eigenvalue weighted by atomic mass is 10.1. The molecular weight excluding hydrogens is 229 g/mol. The van der Waals surface area contributed by atoms with Gasteiger partial charge in [-0.15, -0.1) is 0 Å². The van der Waals surface area contributed by atoms with E-state index in [1.54, 1.807) is 6.07 Å². The molecule has 0 aliphatic heterocycles. The number of aryl methyl sites for hydroxylation is 1. The summed E-state index contributed by atoms with van der Waals surface area (Å²) in [6, 6.07) is 5.38. The minimum absolute atomic E-state index is 0.155. The SMILES string of the molecule is Cc1ccc(N)c(CNC2(C(F)(F)F)CC2)c1. The average molecular weight is 244 g/mol. The normalized spacial score (nSPS) is 18.1. The maximum atomic E-state index is 12.7. The molecule has 0 radical (unpaired) electrons. The van der Waals surface area contributed by atoms with E-state index in [1.807, 2.05) is 19.1 Å². The van der Waals surface area contributed by atoms with Crippen LogP contribution in [0.1, 0.15) is 24.0 Å². The Labute approximate surface area is 98.0 Å². The van der Waals surface area contributed by atoms with Crippen molar-refractivity contribution in [2.45, 2.75) is 38.0 Å². The zero-order valence-corrected chi connectivity index (χ0v) is 9.56. The van der Waals surface area contributed by atoms with Gasteiger partial charge in [0.05, 0.1) is 0 Å². The van der Waals surface area contributed by atoms with Crippen molar-refractivity contribution in [2.75, 3.05) is 5.73 Å². The molecule has 1 aliphatic carbocycles. The number of nitrogen functional groups attached to an aromatic ring is 1. The molecule has 1 saturated carbocycles. The first-order chi connectivity index (χ1) is 7.84. The number of benzene rings is 1. The highest BCUT2D eigenvalue weighted by Gasteiger charge is 2.62. The summed E-state index contributed by atoms with van der Waals surface area (Å²) in [5.74, 6) is 0. The van der Waals surface area contributed by atoms with E-state index in [0.29, 0.717) is 5.69 Å². The molecule has 1 aromatic carbocycles. The van der Waals surface area contributed by atoms with Crippen LogP contribution < -0.4 is 11.1 Å². The molecule has 0 atom stereocenters. The van der Waals surface area contributed by atoms with Gasteiger partial charge in [-0.05, 0) is 31.4 Å². The van der Waals surface area contributed by atoms with Crippen molar-refractivity contribution in [1.82, 2.24) is 5.32 Å². The van der Waals surface area contributed by atoms with Crippen LogP contribution >= 0.6 is 0 Å². The summed E-state index contributed by atoms with van der Waals surface area (Å²) in [6.45, 7) is 2.05. The Morgan fingerprint density at radius 3 is 2.53 bits per heavy atom. The second kappa shape index (κ2) is 3.91. The molecule has 5 heteroatoms. The van der Waals surface area contributed by atoms with Gasteiger partial charge in [0.25, 0.3) is 0 Å². The van der Waals surface area contributed by atoms with Crippen LogP contribution in [0.5, 0.6) is 0 Å². The van der Waals surface area contributed by atoms with Gasteiger partial charge in [-0.1, -0.05) is 17.7 Å². The third-order valence-electron chi connectivity index (χ3n) is 3.21. The number of rotatable bonds is 3. The number of nitrogens with two attached hydrogens (primary N) is 1. The molecule has 0 amide bonds. The molecule has 3 N–H and O–H groups in total. The van der Waals surface area contributed by atoms with E-state index < -0.39 is 11.7 Å². The molecule has 0 aromatic heterocycles. The third kappa shape index (κ3) is 2.39. The monoisotopic (exact) mass is 244 g/mol. The van der Waals surface area contributed by atoms with Crippen LogP contribution in [-0.2, 0) is 6.54 Å². The second-order valence-electron chi connectivity index (χ2n) is 4.64. The Bertz CT molecular complexity index is 422. The summed E-state index contributed by atoms with van der Waals surface area (Å²) in [5, 5.41) is 2.59. The highest BCUT2D eigenvalue weighted by Crippen LogP contribution is 2.49. The van der Waals surface area contributed by atoms with E-state index in [0.717, 1.165) is 11.1 Å².